The topological polar surface area (TPSA) is 63.3 Å². The van der Waals surface area contributed by atoms with Crippen molar-refractivity contribution in [1.29, 1.82) is 0 Å². The number of fused-ring (bicyclic) bond motifs is 1. The molecule has 1 amide bonds. The molecule has 0 bridgehead atoms. The van der Waals surface area contributed by atoms with E-state index >= 15 is 0 Å². The van der Waals surface area contributed by atoms with Gasteiger partial charge in [-0.2, -0.15) is 0 Å². The number of aryl methyl sites for hydroxylation is 1. The fourth-order valence-electron chi connectivity index (χ4n) is 8.01. The van der Waals surface area contributed by atoms with E-state index in [1.165, 1.54) is 36.6 Å². The molecule has 1 saturated heterocycles. The van der Waals surface area contributed by atoms with Crippen molar-refractivity contribution >= 4 is 27.8 Å². The average molecular weight is 479 g/mol. The molecule has 9 rings (SSSR count). The van der Waals surface area contributed by atoms with Crippen LogP contribution in [0.1, 0.15) is 54.1 Å². The molecule has 6 nitrogen and oxygen atoms in total. The highest BCUT2D eigenvalue weighted by molar-refractivity contribution is 6.00. The van der Waals surface area contributed by atoms with Gasteiger partial charge in [-0.1, -0.05) is 18.2 Å². The van der Waals surface area contributed by atoms with Gasteiger partial charge in [-0.05, 0) is 80.0 Å². The lowest BCUT2D eigenvalue weighted by molar-refractivity contribution is -0.0204. The van der Waals surface area contributed by atoms with Crippen LogP contribution >= 0.6 is 0 Å². The second-order valence-electron chi connectivity index (χ2n) is 12.1. The third kappa shape index (κ3) is 2.55. The molecular formula is C30H30N4O2. The van der Waals surface area contributed by atoms with Crippen LogP contribution in [0, 0.1) is 23.7 Å². The number of carbonyl (C=O) groups excluding carboxylic acids is 1. The summed E-state index contributed by atoms with van der Waals surface area (Å²) >= 11 is 0. The number of aliphatic hydroxyl groups is 1. The van der Waals surface area contributed by atoms with Crippen LogP contribution in [0.25, 0.3) is 33.5 Å². The standard InChI is InChI=1S/C30H30N4O2/c35-26-7-8-32-28-21(26)10-19(30(36)34-15-20-9-18-13-24(34)27(18)20)11-22(28)31-29(32)25-12-17-3-1-2-4-23(17)33(25)14-16-5-6-16/h1-4,10-12,16,18,20,24,26-27,35H,5-9,13-15H2/t18?,20?,24?,26?,27-/m1/s1. The fraction of sp³-hybridized carbons (Fsp3) is 0.467. The van der Waals surface area contributed by atoms with Crippen molar-refractivity contribution in [2.75, 3.05) is 6.54 Å². The van der Waals surface area contributed by atoms with Crippen LogP contribution in [0.2, 0.25) is 0 Å². The van der Waals surface area contributed by atoms with Crippen molar-refractivity contribution in [3.8, 4) is 11.5 Å². The van der Waals surface area contributed by atoms with Gasteiger partial charge in [0.2, 0.25) is 0 Å². The van der Waals surface area contributed by atoms with E-state index in [1.807, 2.05) is 12.1 Å². The highest BCUT2D eigenvalue weighted by Crippen LogP contribution is 2.60. The van der Waals surface area contributed by atoms with Crippen molar-refractivity contribution < 1.29 is 9.90 Å². The molecule has 3 saturated carbocycles. The normalized spacial score (nSPS) is 29.9. The Hall–Kier alpha value is -3.12. The first-order valence-corrected chi connectivity index (χ1v) is 13.8. The molecule has 0 radical (unpaired) electrons. The lowest BCUT2D eigenvalue weighted by atomic mass is 9.53. The minimum atomic E-state index is -0.558. The summed E-state index contributed by atoms with van der Waals surface area (Å²) in [6.07, 6.45) is 5.15. The first-order valence-electron chi connectivity index (χ1n) is 13.8. The molecule has 5 atom stereocenters. The summed E-state index contributed by atoms with van der Waals surface area (Å²) in [4.78, 5) is 21.0. The average Bonchev–Trinajstić information content (AvgIpc) is 3.52. The Morgan fingerprint density at radius 3 is 2.78 bits per heavy atom. The summed E-state index contributed by atoms with van der Waals surface area (Å²) in [7, 11) is 0. The zero-order valence-corrected chi connectivity index (χ0v) is 20.3. The van der Waals surface area contributed by atoms with Crippen molar-refractivity contribution in [3.63, 3.8) is 0 Å². The van der Waals surface area contributed by atoms with Gasteiger partial charge in [-0.15, -0.1) is 0 Å². The van der Waals surface area contributed by atoms with Gasteiger partial charge in [0.1, 0.15) is 0 Å². The third-order valence-corrected chi connectivity index (χ3v) is 10.1. The lowest BCUT2D eigenvalue weighted by Gasteiger charge is -2.52. The van der Waals surface area contributed by atoms with E-state index in [2.05, 4.69) is 44.4 Å². The highest BCUT2D eigenvalue weighted by atomic mass is 16.3. The largest absolute Gasteiger partial charge is 0.388 e. The Kier molecular flexibility index (Phi) is 3.78. The van der Waals surface area contributed by atoms with Crippen LogP contribution in [-0.2, 0) is 13.1 Å². The van der Waals surface area contributed by atoms with E-state index in [-0.39, 0.29) is 5.91 Å². The van der Waals surface area contributed by atoms with E-state index in [1.54, 1.807) is 0 Å². The maximum Gasteiger partial charge on any atom is 0.254 e. The first-order chi connectivity index (χ1) is 17.6. The zero-order valence-electron chi connectivity index (χ0n) is 20.3. The maximum atomic E-state index is 13.7. The van der Waals surface area contributed by atoms with Crippen LogP contribution in [-0.4, -0.2) is 42.6 Å². The molecule has 4 fully saturated rings. The Balaban J connectivity index is 1.20. The van der Waals surface area contributed by atoms with Gasteiger partial charge in [0.15, 0.2) is 5.82 Å². The quantitative estimate of drug-likeness (QED) is 0.450. The molecule has 2 aliphatic heterocycles. The number of benzene rings is 2. The Morgan fingerprint density at radius 2 is 1.94 bits per heavy atom. The lowest BCUT2D eigenvalue weighted by Crippen LogP contribution is -2.53. The van der Waals surface area contributed by atoms with Gasteiger partial charge in [0.05, 0.1) is 22.8 Å². The predicted molar refractivity (Wildman–Crippen MR) is 137 cm³/mol. The second kappa shape index (κ2) is 6.80. The van der Waals surface area contributed by atoms with Gasteiger partial charge >= 0.3 is 0 Å². The summed E-state index contributed by atoms with van der Waals surface area (Å²) in [6, 6.07) is 15.3. The number of aliphatic hydroxyl groups excluding tert-OH is 1. The molecule has 2 aromatic heterocycles. The molecule has 0 spiro atoms. The monoisotopic (exact) mass is 478 g/mol. The van der Waals surface area contributed by atoms with Crippen LogP contribution in [0.4, 0.5) is 0 Å². The van der Waals surface area contributed by atoms with E-state index in [0.29, 0.717) is 23.9 Å². The number of likely N-dealkylation sites (tertiary alicyclic amines) is 1. The van der Waals surface area contributed by atoms with Gasteiger partial charge in [-0.25, -0.2) is 4.98 Å². The Morgan fingerprint density at radius 1 is 1.06 bits per heavy atom. The molecule has 5 aliphatic rings. The predicted octanol–water partition coefficient (Wildman–Crippen LogP) is 4.99. The van der Waals surface area contributed by atoms with E-state index in [4.69, 9.17) is 4.98 Å². The highest BCUT2D eigenvalue weighted by Gasteiger charge is 2.61. The third-order valence-electron chi connectivity index (χ3n) is 10.1. The minimum absolute atomic E-state index is 0.128. The number of nitrogens with zero attached hydrogens (tertiary/aromatic N) is 4. The smallest absolute Gasteiger partial charge is 0.254 e. The molecular weight excluding hydrogens is 448 g/mol. The van der Waals surface area contributed by atoms with Crippen molar-refractivity contribution in [1.82, 2.24) is 19.0 Å². The minimum Gasteiger partial charge on any atom is -0.388 e. The SMILES string of the molecule is O=C(c1cc2c3c(c1)nc(-c1cc4ccccc4n1CC1CC1)n3CCC2O)N1CC2CC3CC1[C@H]32. The van der Waals surface area contributed by atoms with Crippen LogP contribution in [0.15, 0.2) is 42.5 Å². The van der Waals surface area contributed by atoms with E-state index in [0.717, 1.165) is 65.5 Å². The number of amides is 1. The van der Waals surface area contributed by atoms with Gasteiger partial charge < -0.3 is 19.1 Å². The number of hydrogen-bond donors (Lipinski definition) is 1. The summed E-state index contributed by atoms with van der Waals surface area (Å²) in [5.74, 6) is 4.16. The van der Waals surface area contributed by atoms with Gasteiger partial charge in [-0.3, -0.25) is 4.79 Å². The molecule has 6 heteroatoms. The summed E-state index contributed by atoms with van der Waals surface area (Å²) in [5.41, 5.74) is 5.78. The summed E-state index contributed by atoms with van der Waals surface area (Å²) in [6.45, 7) is 2.66. The van der Waals surface area contributed by atoms with E-state index < -0.39 is 6.10 Å². The zero-order chi connectivity index (χ0) is 23.7. The Labute approximate surface area is 209 Å². The molecule has 36 heavy (non-hydrogen) atoms. The summed E-state index contributed by atoms with van der Waals surface area (Å²) < 4.78 is 4.73. The van der Waals surface area contributed by atoms with Crippen LogP contribution in [0.3, 0.4) is 0 Å². The molecule has 2 aromatic carbocycles. The van der Waals surface area contributed by atoms with Crippen LogP contribution in [0.5, 0.6) is 0 Å². The van der Waals surface area contributed by atoms with Gasteiger partial charge in [0, 0.05) is 47.7 Å². The first kappa shape index (κ1) is 20.0. The van der Waals surface area contributed by atoms with Gasteiger partial charge in [0.25, 0.3) is 5.91 Å². The molecule has 3 aliphatic carbocycles. The Bertz CT molecular complexity index is 1590. The molecule has 4 heterocycles. The molecule has 1 N–H and O–H groups in total. The van der Waals surface area contributed by atoms with Crippen molar-refractivity contribution in [2.45, 2.75) is 57.3 Å². The number of para-hydroxylation sites is 1. The van der Waals surface area contributed by atoms with Crippen molar-refractivity contribution in [3.05, 3.63) is 53.6 Å². The number of carbonyl (C=O) groups is 1. The fourth-order valence-corrected chi connectivity index (χ4v) is 8.01. The summed E-state index contributed by atoms with van der Waals surface area (Å²) in [5, 5.41) is 12.2. The number of rotatable bonds is 4. The van der Waals surface area contributed by atoms with E-state index in [9.17, 15) is 9.90 Å². The second-order valence-corrected chi connectivity index (χ2v) is 12.1. The molecule has 182 valence electrons. The molecule has 4 unspecified atom stereocenters. The maximum absolute atomic E-state index is 13.7. The van der Waals surface area contributed by atoms with Crippen LogP contribution < -0.4 is 0 Å². The number of imidazole rings is 1. The number of hydrogen-bond acceptors (Lipinski definition) is 3. The van der Waals surface area contributed by atoms with Crippen molar-refractivity contribution in [2.24, 2.45) is 23.7 Å². The molecule has 4 aromatic rings. The number of aromatic nitrogens is 3.